The number of carbonyl (C=O) groups excluding carboxylic acids is 1. The SMILES string of the molecule is CC(=Cc1ccccc1C(=O)N1CCOCC1)c1ccc2c(c1)CCCC2. The molecule has 0 saturated carbocycles. The summed E-state index contributed by atoms with van der Waals surface area (Å²) in [6.07, 6.45) is 7.13. The summed E-state index contributed by atoms with van der Waals surface area (Å²) in [7, 11) is 0. The molecule has 4 rings (SSSR count). The van der Waals surface area contributed by atoms with Gasteiger partial charge in [0.05, 0.1) is 13.2 Å². The third-order valence-corrected chi connectivity index (χ3v) is 5.67. The quantitative estimate of drug-likeness (QED) is 0.748. The van der Waals surface area contributed by atoms with Gasteiger partial charge in [0.1, 0.15) is 0 Å². The summed E-state index contributed by atoms with van der Waals surface area (Å²) in [6, 6.07) is 14.8. The third kappa shape index (κ3) is 3.98. The normalized spacial score (nSPS) is 17.5. The van der Waals surface area contributed by atoms with Crippen molar-refractivity contribution in [1.82, 2.24) is 4.90 Å². The van der Waals surface area contributed by atoms with Gasteiger partial charge in [-0.05, 0) is 66.5 Å². The zero-order chi connectivity index (χ0) is 18.6. The Bertz CT molecular complexity index is 862. The van der Waals surface area contributed by atoms with Crippen LogP contribution in [0, 0.1) is 0 Å². The molecule has 1 aliphatic heterocycles. The summed E-state index contributed by atoms with van der Waals surface area (Å²) in [5, 5.41) is 0. The Labute approximate surface area is 161 Å². The van der Waals surface area contributed by atoms with Crippen molar-refractivity contribution in [3.05, 3.63) is 70.3 Å². The molecule has 140 valence electrons. The predicted octanol–water partition coefficient (Wildman–Crippen LogP) is 4.60. The number of amides is 1. The molecule has 1 amide bonds. The van der Waals surface area contributed by atoms with Crippen LogP contribution in [0.4, 0.5) is 0 Å². The topological polar surface area (TPSA) is 29.5 Å². The Kier molecular flexibility index (Phi) is 5.40. The first kappa shape index (κ1) is 18.0. The van der Waals surface area contributed by atoms with Gasteiger partial charge in [0, 0.05) is 18.7 Å². The molecule has 2 aromatic rings. The van der Waals surface area contributed by atoms with Gasteiger partial charge >= 0.3 is 0 Å². The number of benzene rings is 2. The monoisotopic (exact) mass is 361 g/mol. The first-order valence-electron chi connectivity index (χ1n) is 9.99. The van der Waals surface area contributed by atoms with Crippen molar-refractivity contribution >= 4 is 17.6 Å². The van der Waals surface area contributed by atoms with Gasteiger partial charge in [-0.15, -0.1) is 0 Å². The molecule has 0 N–H and O–H groups in total. The lowest BCUT2D eigenvalue weighted by atomic mass is 9.89. The highest BCUT2D eigenvalue weighted by atomic mass is 16.5. The fraction of sp³-hybridized carbons (Fsp3) is 0.375. The molecular weight excluding hydrogens is 334 g/mol. The van der Waals surface area contributed by atoms with E-state index in [9.17, 15) is 4.79 Å². The van der Waals surface area contributed by atoms with Crippen LogP contribution in [-0.4, -0.2) is 37.1 Å². The molecule has 0 aromatic heterocycles. The molecular formula is C24H27NO2. The van der Waals surface area contributed by atoms with Crippen LogP contribution in [0.2, 0.25) is 0 Å². The molecule has 0 unspecified atom stereocenters. The smallest absolute Gasteiger partial charge is 0.254 e. The molecule has 0 bridgehead atoms. The van der Waals surface area contributed by atoms with E-state index in [1.807, 2.05) is 29.2 Å². The second kappa shape index (κ2) is 8.10. The Morgan fingerprint density at radius 1 is 1.00 bits per heavy atom. The first-order chi connectivity index (χ1) is 13.2. The highest BCUT2D eigenvalue weighted by Gasteiger charge is 2.20. The highest BCUT2D eigenvalue weighted by Crippen LogP contribution is 2.27. The maximum atomic E-state index is 13.0. The van der Waals surface area contributed by atoms with Gasteiger partial charge in [0.2, 0.25) is 0 Å². The second-order valence-corrected chi connectivity index (χ2v) is 7.51. The summed E-state index contributed by atoms with van der Waals surface area (Å²) in [4.78, 5) is 14.9. The van der Waals surface area contributed by atoms with Gasteiger partial charge in [-0.3, -0.25) is 4.79 Å². The minimum absolute atomic E-state index is 0.100. The molecule has 1 aliphatic carbocycles. The Balaban J connectivity index is 1.62. The van der Waals surface area contributed by atoms with Crippen LogP contribution in [0.3, 0.4) is 0 Å². The maximum absolute atomic E-state index is 13.0. The van der Waals surface area contributed by atoms with Crippen molar-refractivity contribution in [2.75, 3.05) is 26.3 Å². The lowest BCUT2D eigenvalue weighted by molar-refractivity contribution is 0.0303. The molecule has 3 nitrogen and oxygen atoms in total. The van der Waals surface area contributed by atoms with E-state index in [2.05, 4.69) is 31.2 Å². The summed E-state index contributed by atoms with van der Waals surface area (Å²) < 4.78 is 5.38. The van der Waals surface area contributed by atoms with Gasteiger partial charge in [0.25, 0.3) is 5.91 Å². The number of nitrogens with zero attached hydrogens (tertiary/aromatic N) is 1. The van der Waals surface area contributed by atoms with Crippen LogP contribution in [0.15, 0.2) is 42.5 Å². The van der Waals surface area contributed by atoms with Gasteiger partial charge in [-0.25, -0.2) is 0 Å². The van der Waals surface area contributed by atoms with Crippen LogP contribution >= 0.6 is 0 Å². The van der Waals surface area contributed by atoms with Crippen molar-refractivity contribution in [3.63, 3.8) is 0 Å². The van der Waals surface area contributed by atoms with Crippen molar-refractivity contribution in [3.8, 4) is 0 Å². The number of aryl methyl sites for hydroxylation is 2. The predicted molar refractivity (Wildman–Crippen MR) is 110 cm³/mol. The Morgan fingerprint density at radius 3 is 2.56 bits per heavy atom. The maximum Gasteiger partial charge on any atom is 0.254 e. The fourth-order valence-corrected chi connectivity index (χ4v) is 4.05. The minimum atomic E-state index is 0.100. The molecule has 3 heteroatoms. The Morgan fingerprint density at radius 2 is 1.74 bits per heavy atom. The number of hydrogen-bond acceptors (Lipinski definition) is 2. The number of fused-ring (bicyclic) bond motifs is 1. The minimum Gasteiger partial charge on any atom is -0.378 e. The lowest BCUT2D eigenvalue weighted by Gasteiger charge is -2.27. The highest BCUT2D eigenvalue weighted by molar-refractivity contribution is 5.99. The molecule has 2 aromatic carbocycles. The summed E-state index contributed by atoms with van der Waals surface area (Å²) in [5.74, 6) is 0.100. The number of ether oxygens (including phenoxy) is 1. The van der Waals surface area contributed by atoms with Crippen molar-refractivity contribution in [2.24, 2.45) is 0 Å². The molecule has 0 spiro atoms. The van der Waals surface area contributed by atoms with Crippen molar-refractivity contribution in [2.45, 2.75) is 32.6 Å². The van der Waals surface area contributed by atoms with Crippen LogP contribution in [0.25, 0.3) is 11.6 Å². The van der Waals surface area contributed by atoms with Crippen LogP contribution in [0.1, 0.15) is 52.4 Å². The lowest BCUT2D eigenvalue weighted by Crippen LogP contribution is -2.40. The van der Waals surface area contributed by atoms with E-state index in [1.54, 1.807) is 0 Å². The zero-order valence-corrected chi connectivity index (χ0v) is 16.0. The second-order valence-electron chi connectivity index (χ2n) is 7.51. The van der Waals surface area contributed by atoms with E-state index < -0.39 is 0 Å². The van der Waals surface area contributed by atoms with Gasteiger partial charge < -0.3 is 9.64 Å². The van der Waals surface area contributed by atoms with E-state index in [0.717, 1.165) is 11.1 Å². The standard InChI is InChI=1S/C24H27NO2/c1-18(20-11-10-19-6-2-3-7-21(19)17-20)16-22-8-4-5-9-23(22)24(26)25-12-14-27-15-13-25/h4-5,8-11,16-17H,2-3,6-7,12-15H2,1H3. The first-order valence-corrected chi connectivity index (χ1v) is 9.99. The zero-order valence-electron chi connectivity index (χ0n) is 16.0. The van der Waals surface area contributed by atoms with E-state index in [1.165, 1.54) is 47.9 Å². The fourth-order valence-electron chi connectivity index (χ4n) is 4.05. The molecule has 0 radical (unpaired) electrons. The van der Waals surface area contributed by atoms with Crippen molar-refractivity contribution < 1.29 is 9.53 Å². The van der Waals surface area contributed by atoms with Gasteiger partial charge in [0.15, 0.2) is 0 Å². The summed E-state index contributed by atoms with van der Waals surface area (Å²) >= 11 is 0. The molecule has 2 aliphatic rings. The number of carbonyl (C=O) groups is 1. The molecule has 1 heterocycles. The number of allylic oxidation sites excluding steroid dienone is 1. The van der Waals surface area contributed by atoms with Crippen LogP contribution in [-0.2, 0) is 17.6 Å². The van der Waals surface area contributed by atoms with Gasteiger partial charge in [-0.2, -0.15) is 0 Å². The summed E-state index contributed by atoms with van der Waals surface area (Å²) in [6.45, 7) is 4.72. The summed E-state index contributed by atoms with van der Waals surface area (Å²) in [5.41, 5.74) is 7.21. The average molecular weight is 361 g/mol. The number of rotatable bonds is 3. The van der Waals surface area contributed by atoms with E-state index in [4.69, 9.17) is 4.74 Å². The molecule has 1 saturated heterocycles. The van der Waals surface area contributed by atoms with E-state index in [-0.39, 0.29) is 5.91 Å². The van der Waals surface area contributed by atoms with E-state index in [0.29, 0.717) is 26.3 Å². The molecule has 1 fully saturated rings. The third-order valence-electron chi connectivity index (χ3n) is 5.67. The van der Waals surface area contributed by atoms with Crippen LogP contribution in [0.5, 0.6) is 0 Å². The van der Waals surface area contributed by atoms with Crippen LogP contribution < -0.4 is 0 Å². The largest absolute Gasteiger partial charge is 0.378 e. The molecule has 0 atom stereocenters. The van der Waals surface area contributed by atoms with Crippen molar-refractivity contribution in [1.29, 1.82) is 0 Å². The van der Waals surface area contributed by atoms with Gasteiger partial charge in [-0.1, -0.05) is 42.5 Å². The average Bonchev–Trinajstić information content (AvgIpc) is 2.74. The van der Waals surface area contributed by atoms with E-state index >= 15 is 0 Å². The molecule has 27 heavy (non-hydrogen) atoms. The number of morpholine rings is 1. The Hall–Kier alpha value is -2.39. The number of hydrogen-bond donors (Lipinski definition) is 0.